The monoisotopic (exact) mass is 388 g/mol. The van der Waals surface area contributed by atoms with Gasteiger partial charge in [0.1, 0.15) is 24.3 Å². The van der Waals surface area contributed by atoms with Crippen molar-refractivity contribution < 1.29 is 9.84 Å². The Hall–Kier alpha value is -2.04. The fraction of sp³-hybridized carbons (Fsp3) is 0.409. The molecule has 0 radical (unpaired) electrons. The first-order chi connectivity index (χ1) is 12.4. The zero-order valence-electron chi connectivity index (χ0n) is 16.7. The summed E-state index contributed by atoms with van der Waals surface area (Å²) in [5, 5.41) is 10.6. The molecule has 0 amide bonds. The topological polar surface area (TPSA) is 47.3 Å². The van der Waals surface area contributed by atoms with Crippen LogP contribution in [0.25, 0.3) is 11.0 Å². The molecule has 5 heteroatoms. The lowest BCUT2D eigenvalue weighted by Crippen LogP contribution is -2.25. The van der Waals surface area contributed by atoms with Crippen LogP contribution in [0.4, 0.5) is 0 Å². The summed E-state index contributed by atoms with van der Waals surface area (Å²) in [4.78, 5) is 4.73. The molecule has 2 aromatic carbocycles. The van der Waals surface area contributed by atoms with Gasteiger partial charge in [-0.3, -0.25) is 0 Å². The van der Waals surface area contributed by atoms with Gasteiger partial charge < -0.3 is 14.4 Å². The van der Waals surface area contributed by atoms with Crippen LogP contribution in [0.15, 0.2) is 36.4 Å². The van der Waals surface area contributed by atoms with E-state index in [9.17, 15) is 5.11 Å². The van der Waals surface area contributed by atoms with Crippen LogP contribution >= 0.6 is 12.4 Å². The molecule has 1 atom stereocenters. The third-order valence-corrected chi connectivity index (χ3v) is 4.62. The smallest absolute Gasteiger partial charge is 0.125 e. The molecule has 0 spiro atoms. The number of rotatable bonds is 6. The zero-order valence-corrected chi connectivity index (χ0v) is 17.5. The second kappa shape index (κ2) is 8.77. The molecule has 1 N–H and O–H groups in total. The molecule has 0 aliphatic heterocycles. The number of para-hydroxylation sites is 2. The number of halogens is 1. The van der Waals surface area contributed by atoms with E-state index in [1.807, 2.05) is 32.0 Å². The molecule has 3 rings (SSSR count). The summed E-state index contributed by atoms with van der Waals surface area (Å²) in [5.41, 5.74) is 5.45. The van der Waals surface area contributed by atoms with Gasteiger partial charge >= 0.3 is 0 Å². The molecule has 0 saturated carbocycles. The summed E-state index contributed by atoms with van der Waals surface area (Å²) in [6.45, 7) is 11.1. The van der Waals surface area contributed by atoms with E-state index in [1.165, 1.54) is 5.56 Å². The van der Waals surface area contributed by atoms with E-state index in [-0.39, 0.29) is 24.9 Å². The Balaban J connectivity index is 0.00000261. The first-order valence-electron chi connectivity index (χ1n) is 9.20. The lowest BCUT2D eigenvalue weighted by molar-refractivity contribution is 0.0919. The normalized spacial score (nSPS) is 12.3. The summed E-state index contributed by atoms with van der Waals surface area (Å²) in [7, 11) is 0. The molecular formula is C22H29ClN2O2. The molecule has 1 heterocycles. The average Bonchev–Trinajstić information content (AvgIpc) is 2.93. The largest absolute Gasteiger partial charge is 0.490 e. The molecular weight excluding hydrogens is 360 g/mol. The maximum absolute atomic E-state index is 10.6. The SMILES string of the molecule is Cc1cc(C)c(OCC(O)Cn2c(C(C)C)nc3ccccc32)c(C)c1.Cl. The van der Waals surface area contributed by atoms with Crippen molar-refractivity contribution in [2.24, 2.45) is 0 Å². The predicted molar refractivity (Wildman–Crippen MR) is 113 cm³/mol. The summed E-state index contributed by atoms with van der Waals surface area (Å²) in [6.07, 6.45) is -0.606. The maximum Gasteiger partial charge on any atom is 0.125 e. The highest BCUT2D eigenvalue weighted by atomic mass is 35.5. The van der Waals surface area contributed by atoms with Crippen molar-refractivity contribution in [2.75, 3.05) is 6.61 Å². The van der Waals surface area contributed by atoms with Crippen molar-refractivity contribution >= 4 is 23.4 Å². The van der Waals surface area contributed by atoms with E-state index in [4.69, 9.17) is 9.72 Å². The lowest BCUT2D eigenvalue weighted by Gasteiger charge is -2.18. The number of hydrogen-bond acceptors (Lipinski definition) is 3. The van der Waals surface area contributed by atoms with E-state index < -0.39 is 6.10 Å². The highest BCUT2D eigenvalue weighted by molar-refractivity contribution is 5.85. The Bertz CT molecular complexity index is 895. The van der Waals surface area contributed by atoms with Crippen LogP contribution in [0.3, 0.4) is 0 Å². The second-order valence-corrected chi connectivity index (χ2v) is 7.42. The maximum atomic E-state index is 10.6. The number of hydrogen-bond donors (Lipinski definition) is 1. The highest BCUT2D eigenvalue weighted by Gasteiger charge is 2.17. The quantitative estimate of drug-likeness (QED) is 0.650. The molecule has 0 fully saturated rings. The predicted octanol–water partition coefficient (Wildman–Crippen LogP) is 4.95. The Kier molecular flexibility index (Phi) is 6.90. The summed E-state index contributed by atoms with van der Waals surface area (Å²) >= 11 is 0. The number of imidazole rings is 1. The van der Waals surface area contributed by atoms with Gasteiger partial charge in [-0.05, 0) is 44.0 Å². The van der Waals surface area contributed by atoms with Crippen molar-refractivity contribution in [1.82, 2.24) is 9.55 Å². The van der Waals surface area contributed by atoms with Crippen molar-refractivity contribution in [3.8, 4) is 5.75 Å². The van der Waals surface area contributed by atoms with E-state index in [1.54, 1.807) is 0 Å². The van der Waals surface area contributed by atoms with Gasteiger partial charge in [0.15, 0.2) is 0 Å². The number of aliphatic hydroxyl groups excluding tert-OH is 1. The zero-order chi connectivity index (χ0) is 18.8. The molecule has 0 aliphatic rings. The summed E-state index contributed by atoms with van der Waals surface area (Å²) < 4.78 is 8.08. The number of aliphatic hydroxyl groups is 1. The molecule has 3 aromatic rings. The van der Waals surface area contributed by atoms with Gasteiger partial charge in [0.25, 0.3) is 0 Å². The van der Waals surface area contributed by atoms with Crippen LogP contribution in [-0.2, 0) is 6.54 Å². The second-order valence-electron chi connectivity index (χ2n) is 7.42. The molecule has 1 unspecified atom stereocenters. The minimum atomic E-state index is -0.606. The number of fused-ring (bicyclic) bond motifs is 1. The molecule has 4 nitrogen and oxygen atoms in total. The van der Waals surface area contributed by atoms with E-state index in [2.05, 4.69) is 43.5 Å². The molecule has 146 valence electrons. The fourth-order valence-electron chi connectivity index (χ4n) is 3.56. The molecule has 0 aliphatic carbocycles. The van der Waals surface area contributed by atoms with Crippen molar-refractivity contribution in [1.29, 1.82) is 0 Å². The van der Waals surface area contributed by atoms with Crippen LogP contribution in [-0.4, -0.2) is 27.4 Å². The van der Waals surface area contributed by atoms with E-state index in [0.29, 0.717) is 6.54 Å². The van der Waals surface area contributed by atoms with Crippen molar-refractivity contribution in [2.45, 2.75) is 53.2 Å². The average molecular weight is 389 g/mol. The van der Waals surface area contributed by atoms with Crippen LogP contribution in [0, 0.1) is 20.8 Å². The number of aromatic nitrogens is 2. The summed E-state index contributed by atoms with van der Waals surface area (Å²) in [5.74, 6) is 2.15. The van der Waals surface area contributed by atoms with Crippen LogP contribution in [0.1, 0.15) is 42.3 Å². The Morgan fingerprint density at radius 2 is 1.70 bits per heavy atom. The Labute approximate surface area is 167 Å². The van der Waals surface area contributed by atoms with E-state index >= 15 is 0 Å². The van der Waals surface area contributed by atoms with Gasteiger partial charge in [-0.25, -0.2) is 4.98 Å². The Morgan fingerprint density at radius 3 is 2.33 bits per heavy atom. The number of benzene rings is 2. The van der Waals surface area contributed by atoms with Gasteiger partial charge in [-0.15, -0.1) is 12.4 Å². The fourth-order valence-corrected chi connectivity index (χ4v) is 3.56. The van der Waals surface area contributed by atoms with Gasteiger partial charge in [-0.1, -0.05) is 43.7 Å². The minimum Gasteiger partial charge on any atom is -0.490 e. The van der Waals surface area contributed by atoms with Crippen LogP contribution in [0.5, 0.6) is 5.75 Å². The van der Waals surface area contributed by atoms with Gasteiger partial charge in [-0.2, -0.15) is 0 Å². The van der Waals surface area contributed by atoms with Crippen molar-refractivity contribution in [3.63, 3.8) is 0 Å². The summed E-state index contributed by atoms with van der Waals surface area (Å²) in [6, 6.07) is 12.3. The standard InChI is InChI=1S/C22H28N2O2.ClH/c1-14(2)22-23-19-8-6-7-9-20(19)24(22)12-18(25)13-26-21-16(4)10-15(3)11-17(21)5;/h6-11,14,18,25H,12-13H2,1-5H3;1H. The third-order valence-electron chi connectivity index (χ3n) is 4.62. The molecule has 0 bridgehead atoms. The van der Waals surface area contributed by atoms with Crippen LogP contribution < -0.4 is 4.74 Å². The van der Waals surface area contributed by atoms with Gasteiger partial charge in [0, 0.05) is 5.92 Å². The van der Waals surface area contributed by atoms with Gasteiger partial charge in [0.2, 0.25) is 0 Å². The lowest BCUT2D eigenvalue weighted by atomic mass is 10.1. The van der Waals surface area contributed by atoms with Crippen LogP contribution in [0.2, 0.25) is 0 Å². The molecule has 1 aromatic heterocycles. The van der Waals surface area contributed by atoms with Gasteiger partial charge in [0.05, 0.1) is 17.6 Å². The minimum absolute atomic E-state index is 0. The Morgan fingerprint density at radius 1 is 1.07 bits per heavy atom. The molecule has 0 saturated heterocycles. The first kappa shape index (κ1) is 21.3. The number of aryl methyl sites for hydroxylation is 3. The number of nitrogens with zero attached hydrogens (tertiary/aromatic N) is 2. The number of ether oxygens (including phenoxy) is 1. The van der Waals surface area contributed by atoms with E-state index in [0.717, 1.165) is 33.7 Å². The third kappa shape index (κ3) is 4.63. The first-order valence-corrected chi connectivity index (χ1v) is 9.20. The van der Waals surface area contributed by atoms with Crippen molar-refractivity contribution in [3.05, 3.63) is 58.9 Å². The molecule has 27 heavy (non-hydrogen) atoms. The highest BCUT2D eigenvalue weighted by Crippen LogP contribution is 2.25.